The molecule has 0 bridgehead atoms. The predicted molar refractivity (Wildman–Crippen MR) is 141 cm³/mol. The lowest BCUT2D eigenvalue weighted by Crippen LogP contribution is -2.49. The van der Waals surface area contributed by atoms with Crippen molar-refractivity contribution < 1.29 is 28.7 Å². The molecular weight excluding hydrogens is 498 g/mol. The molecule has 0 fully saturated rings. The number of carbonyl (C=O) groups is 4. The van der Waals surface area contributed by atoms with Gasteiger partial charge in [-0.3, -0.25) is 19.2 Å². The van der Waals surface area contributed by atoms with Gasteiger partial charge in [0.05, 0.1) is 6.04 Å². The predicted octanol–water partition coefficient (Wildman–Crippen LogP) is 2.65. The molecule has 198 valence electrons. The summed E-state index contributed by atoms with van der Waals surface area (Å²) in [4.78, 5) is 48.1. The Morgan fingerprint density at radius 1 is 0.973 bits per heavy atom. The van der Waals surface area contributed by atoms with Gasteiger partial charge in [-0.25, -0.2) is 0 Å². The van der Waals surface area contributed by atoms with E-state index in [0.29, 0.717) is 12.0 Å². The van der Waals surface area contributed by atoms with Crippen LogP contribution in [0, 0.1) is 0 Å². The lowest BCUT2D eigenvalue weighted by molar-refractivity contribution is -0.134. The zero-order valence-electron chi connectivity index (χ0n) is 21.2. The molecule has 2 amide bonds. The smallest absolute Gasteiger partial charge is 0.308 e. The van der Waals surface area contributed by atoms with E-state index in [4.69, 9.17) is 15.2 Å². The second-order valence-electron chi connectivity index (χ2n) is 8.76. The Labute approximate surface area is 222 Å². The molecule has 0 aromatic heterocycles. The quantitative estimate of drug-likeness (QED) is 0.353. The van der Waals surface area contributed by atoms with Crippen LogP contribution in [0.25, 0.3) is 5.57 Å². The standard InChI is InChI=1S/C27H31N3O6.ClH/c1-15(28)26(33)30-16(2)27(34)29-14-21-12-20(19-8-6-5-7-9-19)13-23-22(21)10-11-24(35-17(3)31)25(23)36-18(4)32;/h5-12,15-16,20H,13-14,28H2,1-4H3,(H,29,34)(H,30,33);1H. The second-order valence-corrected chi connectivity index (χ2v) is 8.76. The number of fused-ring (bicyclic) bond motifs is 1. The molecule has 4 N–H and O–H groups in total. The van der Waals surface area contributed by atoms with E-state index < -0.39 is 29.9 Å². The van der Waals surface area contributed by atoms with Crippen molar-refractivity contribution in [3.05, 3.63) is 65.2 Å². The van der Waals surface area contributed by atoms with Crippen molar-refractivity contribution in [2.75, 3.05) is 6.54 Å². The Hall–Kier alpha value is -3.69. The molecule has 1 aliphatic carbocycles. The highest BCUT2D eigenvalue weighted by atomic mass is 35.5. The average Bonchev–Trinajstić information content (AvgIpc) is 2.83. The topological polar surface area (TPSA) is 137 Å². The summed E-state index contributed by atoms with van der Waals surface area (Å²) in [5.41, 5.74) is 8.87. The molecule has 9 nitrogen and oxygen atoms in total. The summed E-state index contributed by atoms with van der Waals surface area (Å²) < 4.78 is 10.8. The summed E-state index contributed by atoms with van der Waals surface area (Å²) in [6.07, 6.45) is 2.56. The van der Waals surface area contributed by atoms with Crippen LogP contribution in [-0.4, -0.2) is 42.4 Å². The largest absolute Gasteiger partial charge is 0.423 e. The summed E-state index contributed by atoms with van der Waals surface area (Å²) >= 11 is 0. The van der Waals surface area contributed by atoms with E-state index in [-0.39, 0.29) is 42.3 Å². The molecule has 2 aromatic carbocycles. The molecule has 0 aliphatic heterocycles. The maximum atomic E-state index is 12.7. The highest BCUT2D eigenvalue weighted by Crippen LogP contribution is 2.43. The Morgan fingerprint density at radius 3 is 2.22 bits per heavy atom. The number of halogens is 1. The Kier molecular flexibility index (Phi) is 10.4. The number of nitrogens with one attached hydrogen (secondary N) is 2. The van der Waals surface area contributed by atoms with E-state index in [1.807, 2.05) is 30.3 Å². The van der Waals surface area contributed by atoms with Crippen molar-refractivity contribution in [2.24, 2.45) is 5.73 Å². The van der Waals surface area contributed by atoms with Gasteiger partial charge in [0.15, 0.2) is 11.5 Å². The van der Waals surface area contributed by atoms with Gasteiger partial charge in [0.25, 0.3) is 0 Å². The number of hydrogen-bond donors (Lipinski definition) is 3. The van der Waals surface area contributed by atoms with Gasteiger partial charge in [0, 0.05) is 31.9 Å². The Bertz CT molecular complexity index is 1200. The van der Waals surface area contributed by atoms with Gasteiger partial charge in [-0.15, -0.1) is 12.4 Å². The van der Waals surface area contributed by atoms with Crippen molar-refractivity contribution >= 4 is 41.7 Å². The monoisotopic (exact) mass is 529 g/mol. The molecule has 0 radical (unpaired) electrons. The number of carbonyl (C=O) groups excluding carboxylic acids is 4. The fourth-order valence-electron chi connectivity index (χ4n) is 4.03. The third-order valence-corrected chi connectivity index (χ3v) is 5.74. The van der Waals surface area contributed by atoms with E-state index in [9.17, 15) is 19.2 Å². The SMILES string of the molecule is CC(=O)Oc1ccc2c(c1OC(C)=O)CC(c1ccccc1)C=C2CNC(=O)C(C)NC(=O)C(C)N.Cl. The van der Waals surface area contributed by atoms with E-state index in [0.717, 1.165) is 16.7 Å². The Morgan fingerprint density at radius 2 is 1.62 bits per heavy atom. The third kappa shape index (κ3) is 7.65. The summed E-state index contributed by atoms with van der Waals surface area (Å²) in [6, 6.07) is 11.6. The van der Waals surface area contributed by atoms with Crippen molar-refractivity contribution in [1.82, 2.24) is 10.6 Å². The van der Waals surface area contributed by atoms with Gasteiger partial charge >= 0.3 is 11.9 Å². The maximum absolute atomic E-state index is 12.7. The second kappa shape index (κ2) is 13.0. The highest BCUT2D eigenvalue weighted by molar-refractivity contribution is 5.90. The maximum Gasteiger partial charge on any atom is 0.308 e. The normalized spacial score (nSPS) is 15.6. The van der Waals surface area contributed by atoms with Gasteiger partial charge in [-0.1, -0.05) is 42.5 Å². The summed E-state index contributed by atoms with van der Waals surface area (Å²) in [7, 11) is 0. The first-order valence-electron chi connectivity index (χ1n) is 11.7. The number of esters is 2. The number of benzene rings is 2. The summed E-state index contributed by atoms with van der Waals surface area (Å²) in [5, 5.41) is 5.44. The van der Waals surface area contributed by atoms with Crippen LogP contribution in [0.1, 0.15) is 50.3 Å². The number of nitrogens with two attached hydrogens (primary N) is 1. The molecule has 0 saturated carbocycles. The van der Waals surface area contributed by atoms with E-state index in [1.165, 1.54) is 20.8 Å². The van der Waals surface area contributed by atoms with Crippen LogP contribution in [0.5, 0.6) is 11.5 Å². The van der Waals surface area contributed by atoms with E-state index in [2.05, 4.69) is 16.7 Å². The van der Waals surface area contributed by atoms with Gasteiger partial charge in [0.2, 0.25) is 11.8 Å². The Balaban J connectivity index is 0.00000481. The molecular formula is C27H32ClN3O6. The van der Waals surface area contributed by atoms with Crippen LogP contribution >= 0.6 is 12.4 Å². The molecule has 3 atom stereocenters. The summed E-state index contributed by atoms with van der Waals surface area (Å²) in [6.45, 7) is 5.84. The van der Waals surface area contributed by atoms with E-state index >= 15 is 0 Å². The molecule has 0 heterocycles. The molecule has 37 heavy (non-hydrogen) atoms. The first kappa shape index (κ1) is 29.5. The minimum atomic E-state index is -0.778. The fraction of sp³-hybridized carbons (Fsp3) is 0.333. The van der Waals surface area contributed by atoms with Crippen LogP contribution in [0.2, 0.25) is 0 Å². The first-order valence-corrected chi connectivity index (χ1v) is 11.7. The lowest BCUT2D eigenvalue weighted by Gasteiger charge is -2.27. The molecule has 0 saturated heterocycles. The van der Waals surface area contributed by atoms with Crippen molar-refractivity contribution in [3.63, 3.8) is 0 Å². The average molecular weight is 530 g/mol. The van der Waals surface area contributed by atoms with Crippen molar-refractivity contribution in [1.29, 1.82) is 0 Å². The zero-order valence-corrected chi connectivity index (χ0v) is 22.0. The minimum absolute atomic E-state index is 0. The summed E-state index contributed by atoms with van der Waals surface area (Å²) in [5.74, 6) is -1.62. The van der Waals surface area contributed by atoms with Crippen LogP contribution < -0.4 is 25.8 Å². The number of ether oxygens (including phenoxy) is 2. The van der Waals surface area contributed by atoms with Crippen LogP contribution in [0.15, 0.2) is 48.5 Å². The lowest BCUT2D eigenvalue weighted by atomic mass is 9.80. The molecule has 3 unspecified atom stereocenters. The van der Waals surface area contributed by atoms with Crippen LogP contribution in [-0.2, 0) is 25.6 Å². The number of rotatable bonds is 8. The number of allylic oxidation sites excluding steroid dienone is 1. The minimum Gasteiger partial charge on any atom is -0.423 e. The molecule has 2 aromatic rings. The van der Waals surface area contributed by atoms with Gasteiger partial charge in [0.1, 0.15) is 6.04 Å². The molecule has 0 spiro atoms. The van der Waals surface area contributed by atoms with Crippen molar-refractivity contribution in [2.45, 2.75) is 52.1 Å². The van der Waals surface area contributed by atoms with Gasteiger partial charge in [-0.2, -0.15) is 0 Å². The van der Waals surface area contributed by atoms with Crippen LogP contribution in [0.4, 0.5) is 0 Å². The first-order chi connectivity index (χ1) is 17.1. The van der Waals surface area contributed by atoms with Crippen molar-refractivity contribution in [3.8, 4) is 11.5 Å². The number of hydrogen-bond acceptors (Lipinski definition) is 7. The van der Waals surface area contributed by atoms with Gasteiger partial charge < -0.3 is 25.8 Å². The van der Waals surface area contributed by atoms with E-state index in [1.54, 1.807) is 19.1 Å². The highest BCUT2D eigenvalue weighted by Gasteiger charge is 2.28. The zero-order chi connectivity index (χ0) is 26.4. The molecule has 1 aliphatic rings. The number of amides is 2. The van der Waals surface area contributed by atoms with Gasteiger partial charge in [-0.05, 0) is 43.0 Å². The third-order valence-electron chi connectivity index (χ3n) is 5.74. The molecule has 3 rings (SSSR count). The fourth-order valence-corrected chi connectivity index (χ4v) is 4.03. The molecule has 10 heteroatoms. The van der Waals surface area contributed by atoms with Crippen LogP contribution in [0.3, 0.4) is 0 Å².